The molecule has 0 aliphatic heterocycles. The molecule has 0 aliphatic rings. The highest BCUT2D eigenvalue weighted by molar-refractivity contribution is 7.99. The third kappa shape index (κ3) is 5.10. The minimum Gasteiger partial charge on any atom is -0.491 e. The van der Waals surface area contributed by atoms with E-state index in [2.05, 4.69) is 20.5 Å². The van der Waals surface area contributed by atoms with Crippen molar-refractivity contribution >= 4 is 34.9 Å². The van der Waals surface area contributed by atoms with Crippen LogP contribution in [0.4, 0.5) is 0 Å². The first-order valence-corrected chi connectivity index (χ1v) is 9.25. The van der Waals surface area contributed by atoms with Gasteiger partial charge in [0.05, 0.1) is 29.1 Å². The van der Waals surface area contributed by atoms with Gasteiger partial charge in [-0.1, -0.05) is 23.9 Å². The predicted octanol–water partition coefficient (Wildman–Crippen LogP) is 3.59. The van der Waals surface area contributed by atoms with Crippen LogP contribution in [0.25, 0.3) is 11.0 Å². The van der Waals surface area contributed by atoms with Gasteiger partial charge >= 0.3 is 0 Å². The number of fused-ring (bicyclic) bond motifs is 1. The Balaban J connectivity index is 1.46. The van der Waals surface area contributed by atoms with Gasteiger partial charge in [-0.05, 0) is 55.8 Å². The number of amides is 1. The fourth-order valence-electron chi connectivity index (χ4n) is 2.25. The highest BCUT2D eigenvalue weighted by atomic mass is 32.2. The number of aromatic nitrogens is 2. The molecule has 0 fully saturated rings. The molecular formula is C19H20N4O2S. The van der Waals surface area contributed by atoms with E-state index in [9.17, 15) is 4.79 Å². The number of hydrogen-bond acceptors (Lipinski definition) is 5. The standard InChI is InChI=1S/C19H20N4O2S/c1-13(2)25-15-9-7-14(8-10-15)11-20-23-18(24)12-26-19-21-16-5-3-4-6-17(16)22-19/h3-11,13H,12H2,1-2H3,(H,21,22)(H,23,24)/b20-11-. The van der Waals surface area contributed by atoms with Gasteiger partial charge in [-0.2, -0.15) is 5.10 Å². The summed E-state index contributed by atoms with van der Waals surface area (Å²) in [4.78, 5) is 19.5. The lowest BCUT2D eigenvalue weighted by Gasteiger charge is -2.09. The molecule has 6 nitrogen and oxygen atoms in total. The Bertz CT molecular complexity index is 870. The lowest BCUT2D eigenvalue weighted by Crippen LogP contribution is -2.19. The Morgan fingerprint density at radius 2 is 2.04 bits per heavy atom. The molecule has 134 valence electrons. The van der Waals surface area contributed by atoms with E-state index in [4.69, 9.17) is 4.74 Å². The van der Waals surface area contributed by atoms with E-state index in [1.807, 2.05) is 62.4 Å². The number of para-hydroxylation sites is 2. The number of ether oxygens (including phenoxy) is 1. The summed E-state index contributed by atoms with van der Waals surface area (Å²) in [6, 6.07) is 15.3. The maximum atomic E-state index is 11.9. The van der Waals surface area contributed by atoms with Gasteiger partial charge in [0.2, 0.25) is 0 Å². The fraction of sp³-hybridized carbons (Fsp3) is 0.211. The number of hydrogen-bond donors (Lipinski definition) is 2. The number of nitrogens with zero attached hydrogens (tertiary/aromatic N) is 2. The lowest BCUT2D eigenvalue weighted by atomic mass is 10.2. The average molecular weight is 368 g/mol. The summed E-state index contributed by atoms with van der Waals surface area (Å²) in [6.45, 7) is 3.96. The van der Waals surface area contributed by atoms with Crippen molar-refractivity contribution in [2.75, 3.05) is 5.75 Å². The largest absolute Gasteiger partial charge is 0.491 e. The van der Waals surface area contributed by atoms with E-state index >= 15 is 0 Å². The summed E-state index contributed by atoms with van der Waals surface area (Å²) in [5, 5.41) is 4.69. The van der Waals surface area contributed by atoms with Crippen molar-refractivity contribution in [3.8, 4) is 5.75 Å². The average Bonchev–Trinajstić information content (AvgIpc) is 3.04. The van der Waals surface area contributed by atoms with Crippen molar-refractivity contribution in [2.24, 2.45) is 5.10 Å². The number of imidazole rings is 1. The van der Waals surface area contributed by atoms with Crippen LogP contribution >= 0.6 is 11.8 Å². The number of nitrogens with one attached hydrogen (secondary N) is 2. The summed E-state index contributed by atoms with van der Waals surface area (Å²) >= 11 is 1.34. The van der Waals surface area contributed by atoms with Gasteiger partial charge < -0.3 is 9.72 Å². The molecule has 1 aromatic heterocycles. The zero-order valence-electron chi connectivity index (χ0n) is 14.6. The normalized spacial score (nSPS) is 11.3. The van der Waals surface area contributed by atoms with Gasteiger partial charge in [0.1, 0.15) is 5.75 Å². The summed E-state index contributed by atoms with van der Waals surface area (Å²) in [6.07, 6.45) is 1.74. The molecule has 3 aromatic rings. The molecule has 2 N–H and O–H groups in total. The SMILES string of the molecule is CC(C)Oc1ccc(/C=N\NC(=O)CSc2nc3ccccc3[nH]2)cc1. The second-order valence-electron chi connectivity index (χ2n) is 5.88. The highest BCUT2D eigenvalue weighted by Gasteiger charge is 2.06. The van der Waals surface area contributed by atoms with Crippen LogP contribution in [-0.2, 0) is 4.79 Å². The minimum absolute atomic E-state index is 0.137. The molecule has 0 radical (unpaired) electrons. The van der Waals surface area contributed by atoms with Crippen LogP contribution in [0.2, 0.25) is 0 Å². The van der Waals surface area contributed by atoms with Crippen LogP contribution in [0.5, 0.6) is 5.75 Å². The molecule has 7 heteroatoms. The highest BCUT2D eigenvalue weighted by Crippen LogP contribution is 2.18. The van der Waals surface area contributed by atoms with Crippen molar-refractivity contribution in [3.63, 3.8) is 0 Å². The summed E-state index contributed by atoms with van der Waals surface area (Å²) in [7, 11) is 0. The van der Waals surface area contributed by atoms with Gasteiger partial charge in [0, 0.05) is 0 Å². The van der Waals surface area contributed by atoms with E-state index in [0.29, 0.717) is 5.16 Å². The topological polar surface area (TPSA) is 79.4 Å². The number of carbonyl (C=O) groups is 1. The number of carbonyl (C=O) groups excluding carboxylic acids is 1. The Morgan fingerprint density at radius 3 is 2.77 bits per heavy atom. The van der Waals surface area contributed by atoms with Crippen LogP contribution in [-0.4, -0.2) is 33.9 Å². The predicted molar refractivity (Wildman–Crippen MR) is 105 cm³/mol. The second-order valence-corrected chi connectivity index (χ2v) is 6.84. The lowest BCUT2D eigenvalue weighted by molar-refractivity contribution is -0.118. The zero-order valence-corrected chi connectivity index (χ0v) is 15.4. The second kappa shape index (κ2) is 8.53. The molecule has 0 atom stereocenters. The van der Waals surface area contributed by atoms with Crippen molar-refractivity contribution in [1.29, 1.82) is 0 Å². The summed E-state index contributed by atoms with van der Waals surface area (Å²) in [5.41, 5.74) is 5.24. The van der Waals surface area contributed by atoms with Crippen molar-refractivity contribution in [3.05, 3.63) is 54.1 Å². The minimum atomic E-state index is -0.188. The first kappa shape index (κ1) is 18.0. The first-order valence-electron chi connectivity index (χ1n) is 8.26. The van der Waals surface area contributed by atoms with E-state index in [1.54, 1.807) is 6.21 Å². The van der Waals surface area contributed by atoms with Crippen molar-refractivity contribution in [1.82, 2.24) is 15.4 Å². The Hall–Kier alpha value is -2.80. The molecular weight excluding hydrogens is 348 g/mol. The molecule has 1 heterocycles. The molecule has 1 amide bonds. The van der Waals surface area contributed by atoms with Gasteiger partial charge in [-0.15, -0.1) is 0 Å². The third-order valence-corrected chi connectivity index (χ3v) is 4.24. The first-order chi connectivity index (χ1) is 12.6. The molecule has 0 saturated heterocycles. The molecule has 0 bridgehead atoms. The van der Waals surface area contributed by atoms with Crippen LogP contribution in [0, 0.1) is 0 Å². The van der Waals surface area contributed by atoms with E-state index in [-0.39, 0.29) is 17.8 Å². The van der Waals surface area contributed by atoms with Crippen molar-refractivity contribution < 1.29 is 9.53 Å². The maximum Gasteiger partial charge on any atom is 0.250 e. The number of rotatable bonds is 7. The molecule has 0 saturated carbocycles. The third-order valence-electron chi connectivity index (χ3n) is 3.36. The smallest absolute Gasteiger partial charge is 0.250 e. The number of benzene rings is 2. The van der Waals surface area contributed by atoms with Crippen LogP contribution in [0.3, 0.4) is 0 Å². The van der Waals surface area contributed by atoms with Crippen molar-refractivity contribution in [2.45, 2.75) is 25.1 Å². The number of thioether (sulfide) groups is 1. The summed E-state index contributed by atoms with van der Waals surface area (Å²) in [5.74, 6) is 0.855. The van der Waals surface area contributed by atoms with Gasteiger partial charge in [0.15, 0.2) is 5.16 Å². The molecule has 0 unspecified atom stereocenters. The number of hydrazone groups is 1. The Morgan fingerprint density at radius 1 is 1.27 bits per heavy atom. The molecule has 3 rings (SSSR count). The Kier molecular flexibility index (Phi) is 5.91. The maximum absolute atomic E-state index is 11.9. The van der Waals surface area contributed by atoms with E-state index in [1.165, 1.54) is 11.8 Å². The Labute approximate surface area is 156 Å². The molecule has 0 aliphatic carbocycles. The van der Waals surface area contributed by atoms with Crippen LogP contribution in [0.15, 0.2) is 58.8 Å². The number of H-pyrrole nitrogens is 1. The van der Waals surface area contributed by atoms with Crippen LogP contribution in [0.1, 0.15) is 19.4 Å². The molecule has 26 heavy (non-hydrogen) atoms. The van der Waals surface area contributed by atoms with E-state index in [0.717, 1.165) is 22.3 Å². The molecule has 2 aromatic carbocycles. The quantitative estimate of drug-likeness (QED) is 0.379. The van der Waals surface area contributed by atoms with Gasteiger partial charge in [-0.3, -0.25) is 4.79 Å². The van der Waals surface area contributed by atoms with E-state index < -0.39 is 0 Å². The summed E-state index contributed by atoms with van der Waals surface area (Å²) < 4.78 is 5.58. The number of aromatic amines is 1. The zero-order chi connectivity index (χ0) is 18.4. The van der Waals surface area contributed by atoms with Gasteiger partial charge in [-0.25, -0.2) is 10.4 Å². The van der Waals surface area contributed by atoms with Gasteiger partial charge in [0.25, 0.3) is 5.91 Å². The van der Waals surface area contributed by atoms with Crippen LogP contribution < -0.4 is 10.2 Å². The monoisotopic (exact) mass is 368 g/mol. The molecule has 0 spiro atoms. The fourth-order valence-corrected chi connectivity index (χ4v) is 2.92.